The van der Waals surface area contributed by atoms with Crippen LogP contribution < -0.4 is 0 Å². The topological polar surface area (TPSA) is 34.1 Å². The minimum atomic E-state index is -0.420. The van der Waals surface area contributed by atoms with Crippen molar-refractivity contribution in [3.05, 3.63) is 0 Å². The predicted molar refractivity (Wildman–Crippen MR) is 43.6 cm³/mol. The van der Waals surface area contributed by atoms with Gasteiger partial charge >= 0.3 is 0 Å². The zero-order chi connectivity index (χ0) is 8.91. The molecule has 0 saturated heterocycles. The lowest BCUT2D eigenvalue weighted by atomic mass is 9.84. The van der Waals surface area contributed by atoms with Gasteiger partial charge in [0.25, 0.3) is 0 Å². The monoisotopic (exact) mass is 154 g/mol. The second-order valence-electron chi connectivity index (χ2n) is 3.64. The van der Waals surface area contributed by atoms with Crippen LogP contribution in [-0.2, 0) is 9.59 Å². The highest BCUT2D eigenvalue weighted by atomic mass is 16.1. The van der Waals surface area contributed by atoms with Gasteiger partial charge in [0, 0.05) is 11.8 Å². The first-order valence-electron chi connectivity index (χ1n) is 3.76. The minimum absolute atomic E-state index is 0.226. The van der Waals surface area contributed by atoms with E-state index in [0.29, 0.717) is 12.8 Å². The van der Waals surface area contributed by atoms with Crippen LogP contribution in [0, 0.1) is 11.3 Å². The summed E-state index contributed by atoms with van der Waals surface area (Å²) in [5.41, 5.74) is -0.420. The Kier molecular flexibility index (Phi) is 4.01. The van der Waals surface area contributed by atoms with E-state index in [0.717, 1.165) is 0 Å². The largest absolute Gasteiger partial charge is 0.291 e. The molecular formula is C9H14O2. The van der Waals surface area contributed by atoms with E-state index in [9.17, 15) is 9.59 Å². The van der Waals surface area contributed by atoms with Crippen molar-refractivity contribution in [3.63, 3.8) is 0 Å². The lowest BCUT2D eigenvalue weighted by molar-refractivity contribution is 0.357. The molecule has 2 radical (unpaired) electrons. The van der Waals surface area contributed by atoms with Crippen LogP contribution in [0.25, 0.3) is 0 Å². The summed E-state index contributed by atoms with van der Waals surface area (Å²) in [4.78, 5) is 20.3. The first-order chi connectivity index (χ1) is 5.02. The van der Waals surface area contributed by atoms with Crippen LogP contribution in [0.5, 0.6) is 0 Å². The summed E-state index contributed by atoms with van der Waals surface area (Å²) in [5.74, 6) is 0.226. The molecule has 62 valence electrons. The molecule has 0 bridgehead atoms. The molecule has 0 aromatic rings. The van der Waals surface area contributed by atoms with Crippen LogP contribution in [0.2, 0.25) is 0 Å². The maximum Gasteiger partial charge on any atom is 0.204 e. The van der Waals surface area contributed by atoms with Crippen molar-refractivity contribution in [1.29, 1.82) is 0 Å². The van der Waals surface area contributed by atoms with Gasteiger partial charge in [-0.2, -0.15) is 0 Å². The van der Waals surface area contributed by atoms with Crippen molar-refractivity contribution in [2.24, 2.45) is 11.3 Å². The Balaban J connectivity index is 3.81. The molecule has 0 N–H and O–H groups in total. The zero-order valence-corrected chi connectivity index (χ0v) is 7.31. The van der Waals surface area contributed by atoms with Gasteiger partial charge in [-0.1, -0.05) is 20.8 Å². The summed E-state index contributed by atoms with van der Waals surface area (Å²) in [5, 5.41) is 0. The molecule has 1 unspecified atom stereocenters. The van der Waals surface area contributed by atoms with Crippen molar-refractivity contribution >= 4 is 12.6 Å². The molecule has 0 spiro atoms. The maximum absolute atomic E-state index is 10.3. The summed E-state index contributed by atoms with van der Waals surface area (Å²) >= 11 is 0. The van der Waals surface area contributed by atoms with Crippen LogP contribution in [-0.4, -0.2) is 12.6 Å². The Morgan fingerprint density at radius 1 is 1.36 bits per heavy atom. The summed E-state index contributed by atoms with van der Waals surface area (Å²) in [6.45, 7) is 5.58. The Bertz CT molecular complexity index is 138. The number of carbonyl (C=O) groups excluding carboxylic acids is 2. The van der Waals surface area contributed by atoms with E-state index in [-0.39, 0.29) is 5.92 Å². The fourth-order valence-electron chi connectivity index (χ4n) is 1.13. The van der Waals surface area contributed by atoms with Crippen LogP contribution >= 0.6 is 0 Å². The Labute approximate surface area is 68.0 Å². The van der Waals surface area contributed by atoms with Gasteiger partial charge in [-0.15, -0.1) is 0 Å². The van der Waals surface area contributed by atoms with Gasteiger partial charge in [0.05, 0.1) is 0 Å². The van der Waals surface area contributed by atoms with E-state index in [1.54, 1.807) is 0 Å². The molecule has 2 nitrogen and oxygen atoms in total. The number of hydrogen-bond acceptors (Lipinski definition) is 2. The van der Waals surface area contributed by atoms with Crippen LogP contribution in [0.4, 0.5) is 0 Å². The molecule has 0 aliphatic rings. The average molecular weight is 154 g/mol. The second-order valence-corrected chi connectivity index (χ2v) is 3.64. The summed E-state index contributed by atoms with van der Waals surface area (Å²) in [7, 11) is 0. The summed E-state index contributed by atoms with van der Waals surface area (Å²) in [6.07, 6.45) is 4.89. The minimum Gasteiger partial charge on any atom is -0.291 e. The number of rotatable bonds is 5. The molecule has 0 rings (SSSR count). The average Bonchev–Trinajstić information content (AvgIpc) is 1.87. The van der Waals surface area contributed by atoms with E-state index in [4.69, 9.17) is 0 Å². The normalized spacial score (nSPS) is 14.1. The standard InChI is InChI=1S/C9H14O2/c1-8(4-5-10)6-9(2,3)7-11/h8H,4,6H2,1-3H3. The van der Waals surface area contributed by atoms with E-state index in [2.05, 4.69) is 0 Å². The van der Waals surface area contributed by atoms with E-state index in [1.807, 2.05) is 33.3 Å². The van der Waals surface area contributed by atoms with Crippen LogP contribution in [0.3, 0.4) is 0 Å². The van der Waals surface area contributed by atoms with Crippen molar-refractivity contribution in [3.8, 4) is 0 Å². The third-order valence-corrected chi connectivity index (χ3v) is 1.57. The summed E-state index contributed by atoms with van der Waals surface area (Å²) < 4.78 is 0. The summed E-state index contributed by atoms with van der Waals surface area (Å²) in [6, 6.07) is 0. The highest BCUT2D eigenvalue weighted by Gasteiger charge is 2.20. The van der Waals surface area contributed by atoms with Crippen molar-refractivity contribution in [1.82, 2.24) is 0 Å². The molecule has 0 heterocycles. The Hall–Kier alpha value is -0.660. The SMILES string of the molecule is CC(C[C]=O)CC(C)(C)[C]=O. The molecule has 0 saturated carbocycles. The quantitative estimate of drug-likeness (QED) is 0.603. The smallest absolute Gasteiger partial charge is 0.204 e. The van der Waals surface area contributed by atoms with Crippen molar-refractivity contribution < 1.29 is 9.59 Å². The fraction of sp³-hybridized carbons (Fsp3) is 0.778. The Morgan fingerprint density at radius 3 is 2.27 bits per heavy atom. The predicted octanol–water partition coefficient (Wildman–Crippen LogP) is 1.65. The first-order valence-corrected chi connectivity index (χ1v) is 3.76. The van der Waals surface area contributed by atoms with Gasteiger partial charge in [-0.05, 0) is 12.3 Å². The van der Waals surface area contributed by atoms with Crippen LogP contribution in [0.15, 0.2) is 0 Å². The fourth-order valence-corrected chi connectivity index (χ4v) is 1.13. The molecule has 0 aliphatic heterocycles. The van der Waals surface area contributed by atoms with Gasteiger partial charge < -0.3 is 0 Å². The van der Waals surface area contributed by atoms with Gasteiger partial charge in [-0.25, -0.2) is 0 Å². The van der Waals surface area contributed by atoms with Crippen molar-refractivity contribution in [2.75, 3.05) is 0 Å². The lowest BCUT2D eigenvalue weighted by Gasteiger charge is -2.18. The zero-order valence-electron chi connectivity index (χ0n) is 7.31. The lowest BCUT2D eigenvalue weighted by Crippen LogP contribution is -2.17. The third kappa shape index (κ3) is 4.71. The highest BCUT2D eigenvalue weighted by Crippen LogP contribution is 2.23. The molecule has 0 aromatic heterocycles. The van der Waals surface area contributed by atoms with Gasteiger partial charge in [-0.3, -0.25) is 9.59 Å². The maximum atomic E-state index is 10.3. The molecule has 2 heteroatoms. The molecule has 0 aliphatic carbocycles. The van der Waals surface area contributed by atoms with E-state index >= 15 is 0 Å². The molecule has 1 atom stereocenters. The second kappa shape index (κ2) is 4.27. The first kappa shape index (κ1) is 10.3. The van der Waals surface area contributed by atoms with Gasteiger partial charge in [0.2, 0.25) is 6.29 Å². The van der Waals surface area contributed by atoms with Gasteiger partial charge in [0.1, 0.15) is 0 Å². The Morgan fingerprint density at radius 2 is 1.91 bits per heavy atom. The molecular weight excluding hydrogens is 140 g/mol. The van der Waals surface area contributed by atoms with E-state index < -0.39 is 5.41 Å². The van der Waals surface area contributed by atoms with Crippen molar-refractivity contribution in [2.45, 2.75) is 33.6 Å². The van der Waals surface area contributed by atoms with Gasteiger partial charge in [0.15, 0.2) is 6.29 Å². The van der Waals surface area contributed by atoms with Crippen LogP contribution in [0.1, 0.15) is 33.6 Å². The van der Waals surface area contributed by atoms with E-state index in [1.165, 1.54) is 0 Å². The molecule has 0 amide bonds. The molecule has 0 fully saturated rings. The third-order valence-electron chi connectivity index (χ3n) is 1.57. The highest BCUT2D eigenvalue weighted by molar-refractivity contribution is 5.59. The molecule has 0 aromatic carbocycles. The number of hydrogen-bond donors (Lipinski definition) is 0. The molecule has 11 heavy (non-hydrogen) atoms.